The van der Waals surface area contributed by atoms with E-state index in [-0.39, 0.29) is 42.2 Å². The number of nitrogens with one attached hydrogen (secondary N) is 1. The van der Waals surface area contributed by atoms with Crippen LogP contribution < -0.4 is 10.5 Å². The Morgan fingerprint density at radius 3 is 2.62 bits per heavy atom. The quantitative estimate of drug-likeness (QED) is 0.623. The van der Waals surface area contributed by atoms with Crippen molar-refractivity contribution in [2.45, 2.75) is 56.5 Å². The van der Waals surface area contributed by atoms with Crippen molar-refractivity contribution in [2.75, 3.05) is 5.32 Å². The predicted octanol–water partition coefficient (Wildman–Crippen LogP) is 3.03. The van der Waals surface area contributed by atoms with E-state index in [2.05, 4.69) is 15.4 Å². The highest BCUT2D eigenvalue weighted by Gasteiger charge is 2.67. The fourth-order valence-corrected chi connectivity index (χ4v) is 5.14. The Balaban J connectivity index is 1.68. The van der Waals surface area contributed by atoms with Crippen LogP contribution in [0.5, 0.6) is 0 Å². The number of nitrogens with zero attached hydrogens (tertiary/aromatic N) is 3. The van der Waals surface area contributed by atoms with E-state index in [1.807, 2.05) is 0 Å². The molecule has 13 heteroatoms. The molecule has 0 bridgehead atoms. The third kappa shape index (κ3) is 4.10. The van der Waals surface area contributed by atoms with E-state index in [9.17, 15) is 30.8 Å². The van der Waals surface area contributed by atoms with E-state index < -0.39 is 43.9 Å². The van der Waals surface area contributed by atoms with E-state index >= 15 is 0 Å². The van der Waals surface area contributed by atoms with Crippen molar-refractivity contribution in [2.24, 2.45) is 16.5 Å². The van der Waals surface area contributed by atoms with Crippen molar-refractivity contribution in [3.8, 4) is 0 Å². The maximum Gasteiger partial charge on any atom is 0.289 e. The number of carbonyl (C=O) groups is 1. The lowest BCUT2D eigenvalue weighted by Gasteiger charge is -2.17. The molecule has 0 spiro atoms. The molecule has 2 atom stereocenters. The Kier molecular flexibility index (Phi) is 4.94. The van der Waals surface area contributed by atoms with Gasteiger partial charge in [-0.25, -0.2) is 27.3 Å². The number of hydrogen-bond donors (Lipinski definition) is 2. The van der Waals surface area contributed by atoms with Crippen LogP contribution in [0, 0.1) is 18.3 Å². The van der Waals surface area contributed by atoms with Crippen LogP contribution in [0.3, 0.4) is 0 Å². The fourth-order valence-electron chi connectivity index (χ4n) is 4.64. The molecule has 2 fully saturated rings. The summed E-state index contributed by atoms with van der Waals surface area (Å²) in [6.45, 7) is 1.85. The molecule has 2 unspecified atom stereocenters. The van der Waals surface area contributed by atoms with Gasteiger partial charge in [-0.05, 0) is 30.7 Å². The number of hydrogen-bond acceptors (Lipinski definition) is 5. The van der Waals surface area contributed by atoms with Crippen molar-refractivity contribution in [1.82, 2.24) is 14.8 Å². The molecule has 174 valence electrons. The molecule has 2 aliphatic carbocycles. The van der Waals surface area contributed by atoms with Crippen LogP contribution in [-0.2, 0) is 22.5 Å². The number of pyridine rings is 1. The maximum absolute atomic E-state index is 14.1. The van der Waals surface area contributed by atoms with Crippen LogP contribution in [0.15, 0.2) is 23.4 Å². The summed E-state index contributed by atoms with van der Waals surface area (Å²) in [4.78, 5) is 16.6. The molecular formula is C19H21F4N5O3S. The summed E-state index contributed by atoms with van der Waals surface area (Å²) >= 11 is 0. The van der Waals surface area contributed by atoms with Gasteiger partial charge in [-0.3, -0.25) is 9.48 Å². The van der Waals surface area contributed by atoms with Gasteiger partial charge in [0.1, 0.15) is 11.4 Å². The second-order valence-corrected chi connectivity index (χ2v) is 10.3. The Morgan fingerprint density at radius 1 is 1.38 bits per heavy atom. The van der Waals surface area contributed by atoms with Crippen LogP contribution in [0.1, 0.15) is 47.9 Å². The van der Waals surface area contributed by atoms with E-state index in [0.717, 1.165) is 16.9 Å². The molecule has 2 aromatic rings. The van der Waals surface area contributed by atoms with E-state index in [1.54, 1.807) is 0 Å². The monoisotopic (exact) mass is 475 g/mol. The van der Waals surface area contributed by atoms with Crippen molar-refractivity contribution >= 4 is 21.6 Å². The Bertz CT molecular complexity index is 1210. The first-order chi connectivity index (χ1) is 14.6. The van der Waals surface area contributed by atoms with Crippen molar-refractivity contribution in [3.05, 3.63) is 35.3 Å². The van der Waals surface area contributed by atoms with E-state index in [0.29, 0.717) is 13.3 Å². The van der Waals surface area contributed by atoms with Gasteiger partial charge in [0.25, 0.3) is 21.9 Å². The zero-order chi connectivity index (χ0) is 23.7. The second kappa shape index (κ2) is 6.98. The van der Waals surface area contributed by atoms with Crippen molar-refractivity contribution in [1.29, 1.82) is 0 Å². The van der Waals surface area contributed by atoms with Gasteiger partial charge in [0.2, 0.25) is 5.92 Å². The standard InChI is InChI=1S/C19H21F4N5O3S/c1-10-14(16(29)26-12-3-4-25-13(5-12)32(24,30)31)28(27-15(10)17(2,20)21)9-18-6-11(18)7-19(22,23)8-18/h3-5,11H,6-9H2,1-2H3,(H2,24,30,31)(H,25,26,29). The van der Waals surface area contributed by atoms with Gasteiger partial charge in [0.05, 0.1) is 0 Å². The van der Waals surface area contributed by atoms with Gasteiger partial charge >= 0.3 is 0 Å². The fraction of sp³-hybridized carbons (Fsp3) is 0.526. The zero-order valence-corrected chi connectivity index (χ0v) is 18.0. The number of rotatable bonds is 6. The minimum Gasteiger partial charge on any atom is -0.321 e. The average Bonchev–Trinajstić information content (AvgIpc) is 3.00. The Hall–Kier alpha value is -2.54. The molecule has 2 heterocycles. The van der Waals surface area contributed by atoms with Gasteiger partial charge in [-0.2, -0.15) is 13.9 Å². The van der Waals surface area contributed by atoms with Crippen LogP contribution >= 0.6 is 0 Å². The van der Waals surface area contributed by atoms with Crippen LogP contribution in [0.4, 0.5) is 23.2 Å². The highest BCUT2D eigenvalue weighted by Crippen LogP contribution is 2.68. The number of nitrogens with two attached hydrogens (primary N) is 1. The number of alkyl halides is 4. The largest absolute Gasteiger partial charge is 0.321 e. The third-order valence-corrected chi connectivity index (χ3v) is 6.89. The molecule has 2 aromatic heterocycles. The minimum atomic E-state index is -4.14. The van der Waals surface area contributed by atoms with Crippen LogP contribution in [-0.4, -0.2) is 35.0 Å². The number of fused-ring (bicyclic) bond motifs is 1. The van der Waals surface area contributed by atoms with Crippen molar-refractivity contribution in [3.63, 3.8) is 0 Å². The first-order valence-corrected chi connectivity index (χ1v) is 11.3. The van der Waals surface area contributed by atoms with Gasteiger partial charge in [0.15, 0.2) is 5.03 Å². The number of aromatic nitrogens is 3. The van der Waals surface area contributed by atoms with E-state index in [1.165, 1.54) is 13.0 Å². The molecular weight excluding hydrogens is 454 g/mol. The summed E-state index contributed by atoms with van der Waals surface area (Å²) in [7, 11) is -4.14. The lowest BCUT2D eigenvalue weighted by atomic mass is 10.0. The summed E-state index contributed by atoms with van der Waals surface area (Å²) in [6.07, 6.45) is 0.978. The predicted molar refractivity (Wildman–Crippen MR) is 105 cm³/mol. The summed E-state index contributed by atoms with van der Waals surface area (Å²) in [5, 5.41) is 10.9. The van der Waals surface area contributed by atoms with Gasteiger partial charge in [-0.1, -0.05) is 0 Å². The molecule has 2 saturated carbocycles. The van der Waals surface area contributed by atoms with Crippen LogP contribution in [0.2, 0.25) is 0 Å². The summed E-state index contributed by atoms with van der Waals surface area (Å²) in [6, 6.07) is 2.32. The van der Waals surface area contributed by atoms with Crippen LogP contribution in [0.25, 0.3) is 0 Å². The topological polar surface area (TPSA) is 120 Å². The molecule has 8 nitrogen and oxygen atoms in total. The first-order valence-electron chi connectivity index (χ1n) is 9.75. The zero-order valence-electron chi connectivity index (χ0n) is 17.2. The lowest BCUT2D eigenvalue weighted by molar-refractivity contribution is -0.0120. The number of anilines is 1. The second-order valence-electron chi connectivity index (χ2n) is 8.75. The number of halogens is 4. The maximum atomic E-state index is 14.1. The Labute approximate surface area is 181 Å². The number of primary sulfonamides is 1. The molecule has 0 aliphatic heterocycles. The lowest BCUT2D eigenvalue weighted by Crippen LogP contribution is -2.24. The number of sulfonamides is 1. The smallest absolute Gasteiger partial charge is 0.289 e. The normalized spacial score (nSPS) is 24.3. The SMILES string of the molecule is Cc1c(C(C)(F)F)nn(CC23CC2CC(F)(F)C3)c1C(=O)Nc1ccnc(S(N)(=O)=O)c1. The number of carbonyl (C=O) groups excluding carboxylic acids is 1. The molecule has 0 aromatic carbocycles. The van der Waals surface area contributed by atoms with E-state index in [4.69, 9.17) is 5.14 Å². The molecule has 4 rings (SSSR count). The van der Waals surface area contributed by atoms with Gasteiger partial charge in [-0.15, -0.1) is 0 Å². The first kappa shape index (κ1) is 22.6. The Morgan fingerprint density at radius 2 is 2.06 bits per heavy atom. The highest BCUT2D eigenvalue weighted by atomic mass is 32.2. The molecule has 2 aliphatic rings. The molecule has 1 amide bonds. The minimum absolute atomic E-state index is 0.0147. The highest BCUT2D eigenvalue weighted by molar-refractivity contribution is 7.89. The molecule has 0 radical (unpaired) electrons. The van der Waals surface area contributed by atoms with Gasteiger partial charge < -0.3 is 5.32 Å². The molecule has 0 saturated heterocycles. The van der Waals surface area contributed by atoms with Gasteiger partial charge in [0, 0.05) is 49.8 Å². The van der Waals surface area contributed by atoms with Crippen molar-refractivity contribution < 1.29 is 30.8 Å². The summed E-state index contributed by atoms with van der Waals surface area (Å²) in [5.74, 6) is -7.27. The summed E-state index contributed by atoms with van der Waals surface area (Å²) < 4.78 is 79.9. The summed E-state index contributed by atoms with van der Waals surface area (Å²) in [5.41, 5.74) is -1.68. The third-order valence-electron chi connectivity index (χ3n) is 6.08. The number of amides is 1. The molecule has 32 heavy (non-hydrogen) atoms. The molecule has 3 N–H and O–H groups in total. The average molecular weight is 475 g/mol.